The molecule has 3 heterocycles. The molecule has 1 unspecified atom stereocenters. The second kappa shape index (κ2) is 8.57. The minimum Gasteiger partial charge on any atom is -0.461 e. The highest BCUT2D eigenvalue weighted by Gasteiger charge is 2.30. The Balaban J connectivity index is 1.73. The van der Waals surface area contributed by atoms with Gasteiger partial charge in [-0.15, -0.1) is 10.2 Å². The first-order chi connectivity index (χ1) is 15.1. The lowest BCUT2D eigenvalue weighted by molar-refractivity contribution is -0.0592. The van der Waals surface area contributed by atoms with Crippen molar-refractivity contribution in [3.8, 4) is 0 Å². The van der Waals surface area contributed by atoms with Gasteiger partial charge in [0, 0.05) is 23.8 Å². The Bertz CT molecular complexity index is 1260. The number of hydrogen-bond acceptors (Lipinski definition) is 8. The van der Waals surface area contributed by atoms with Crippen LogP contribution in [0, 0.1) is 0 Å². The van der Waals surface area contributed by atoms with E-state index in [-0.39, 0.29) is 23.1 Å². The first kappa shape index (κ1) is 22.9. The maximum atomic E-state index is 12.7. The predicted molar refractivity (Wildman–Crippen MR) is 122 cm³/mol. The summed E-state index contributed by atoms with van der Waals surface area (Å²) in [7, 11) is -3.43. The summed E-state index contributed by atoms with van der Waals surface area (Å²) in [6, 6.07) is 8.07. The molecule has 1 saturated heterocycles. The number of esters is 1. The number of carbonyl (C=O) groups is 1. The summed E-state index contributed by atoms with van der Waals surface area (Å²) in [5.74, 6) is -0.0386. The van der Waals surface area contributed by atoms with Crippen molar-refractivity contribution >= 4 is 38.0 Å². The Labute approximate surface area is 191 Å². The van der Waals surface area contributed by atoms with E-state index in [1.807, 2.05) is 16.7 Å². The molecule has 1 aliphatic heterocycles. The van der Waals surface area contributed by atoms with E-state index in [1.54, 1.807) is 6.92 Å². The molecule has 0 radical (unpaired) electrons. The average molecular weight is 478 g/mol. The number of ether oxygens (including phenoxy) is 2. The summed E-state index contributed by atoms with van der Waals surface area (Å²) in [5.41, 5.74) is 2.33. The van der Waals surface area contributed by atoms with Gasteiger partial charge in [-0.25, -0.2) is 13.2 Å². The first-order valence-corrected chi connectivity index (χ1v) is 13.2. The van der Waals surface area contributed by atoms with Gasteiger partial charge >= 0.3 is 5.97 Å². The number of sulfone groups is 1. The number of benzene rings is 1. The lowest BCUT2D eigenvalue weighted by Gasteiger charge is -2.35. The van der Waals surface area contributed by atoms with Crippen LogP contribution in [0.3, 0.4) is 0 Å². The van der Waals surface area contributed by atoms with Gasteiger partial charge in [0.05, 0.1) is 18.8 Å². The van der Waals surface area contributed by atoms with E-state index in [2.05, 4.69) is 36.2 Å². The van der Waals surface area contributed by atoms with Crippen LogP contribution in [0.1, 0.15) is 60.6 Å². The molecular formula is C22H27N3O5S2. The van der Waals surface area contributed by atoms with Crippen LogP contribution in [0.15, 0.2) is 28.6 Å². The molecule has 0 N–H and O–H groups in total. The number of rotatable bonds is 6. The van der Waals surface area contributed by atoms with Gasteiger partial charge in [-0.05, 0) is 63.3 Å². The van der Waals surface area contributed by atoms with Gasteiger partial charge in [0.15, 0.2) is 0 Å². The highest BCUT2D eigenvalue weighted by Crippen LogP contribution is 2.37. The fourth-order valence-electron chi connectivity index (χ4n) is 4.19. The van der Waals surface area contributed by atoms with Crippen molar-refractivity contribution in [1.29, 1.82) is 0 Å². The SMILES string of the molecule is CCOC(=O)c1cc2cc(C3CCOC(C)(C)C3)ccc2n1Cc1nnc(S(C)(=O)=O)s1. The molecule has 3 aromatic rings. The van der Waals surface area contributed by atoms with Gasteiger partial charge in [0.25, 0.3) is 0 Å². The standard InChI is InChI=1S/C22H27N3O5S2/c1-5-29-20(26)18-11-16-10-14(15-8-9-30-22(2,3)12-15)6-7-17(16)25(18)13-19-23-24-21(31-19)32(4,27)28/h6-7,10-11,15H,5,8-9,12-13H2,1-4H3. The number of carbonyl (C=O) groups excluding carboxylic acids is 1. The van der Waals surface area contributed by atoms with E-state index in [0.717, 1.165) is 47.9 Å². The summed E-state index contributed by atoms with van der Waals surface area (Å²) < 4.78 is 36.4. The highest BCUT2D eigenvalue weighted by atomic mass is 32.2. The van der Waals surface area contributed by atoms with Gasteiger partial charge in [-0.2, -0.15) is 0 Å². The van der Waals surface area contributed by atoms with E-state index in [9.17, 15) is 13.2 Å². The Hall–Kier alpha value is -2.30. The molecule has 1 fully saturated rings. The zero-order chi connectivity index (χ0) is 23.1. The van der Waals surface area contributed by atoms with Crippen LogP contribution in [-0.4, -0.2) is 54.2 Å². The van der Waals surface area contributed by atoms with Crippen LogP contribution in [0.5, 0.6) is 0 Å². The molecule has 0 spiro atoms. The monoisotopic (exact) mass is 477 g/mol. The zero-order valence-corrected chi connectivity index (χ0v) is 20.3. The third-order valence-corrected chi connectivity index (χ3v) is 8.21. The molecule has 1 aromatic carbocycles. The van der Waals surface area contributed by atoms with E-state index < -0.39 is 15.8 Å². The fourth-order valence-corrected chi connectivity index (χ4v) is 5.83. The van der Waals surface area contributed by atoms with Crippen LogP contribution < -0.4 is 0 Å². The van der Waals surface area contributed by atoms with Crippen molar-refractivity contribution in [1.82, 2.24) is 14.8 Å². The molecule has 10 heteroatoms. The molecule has 0 aliphatic carbocycles. The molecule has 0 bridgehead atoms. The molecule has 172 valence electrons. The lowest BCUT2D eigenvalue weighted by Crippen LogP contribution is -2.32. The highest BCUT2D eigenvalue weighted by molar-refractivity contribution is 7.92. The first-order valence-electron chi connectivity index (χ1n) is 10.5. The molecular weight excluding hydrogens is 450 g/mol. The Morgan fingerprint density at radius 3 is 2.75 bits per heavy atom. The molecule has 1 aliphatic rings. The Kier molecular flexibility index (Phi) is 6.12. The second-order valence-corrected chi connectivity index (χ2v) is 11.9. The Morgan fingerprint density at radius 1 is 1.31 bits per heavy atom. The van der Waals surface area contributed by atoms with Crippen molar-refractivity contribution < 1.29 is 22.7 Å². The topological polar surface area (TPSA) is 100 Å². The van der Waals surface area contributed by atoms with E-state index in [4.69, 9.17) is 9.47 Å². The van der Waals surface area contributed by atoms with Crippen molar-refractivity contribution in [3.63, 3.8) is 0 Å². The maximum Gasteiger partial charge on any atom is 0.354 e. The van der Waals surface area contributed by atoms with Crippen LogP contribution in [0.2, 0.25) is 0 Å². The van der Waals surface area contributed by atoms with Crippen LogP contribution in [-0.2, 0) is 25.9 Å². The third kappa shape index (κ3) is 4.72. The lowest BCUT2D eigenvalue weighted by atomic mass is 9.83. The zero-order valence-electron chi connectivity index (χ0n) is 18.6. The number of hydrogen-bond donors (Lipinski definition) is 0. The average Bonchev–Trinajstić information content (AvgIpc) is 3.32. The van der Waals surface area contributed by atoms with Gasteiger partial charge in [-0.1, -0.05) is 17.4 Å². The number of nitrogens with zero attached hydrogens (tertiary/aromatic N) is 3. The summed E-state index contributed by atoms with van der Waals surface area (Å²) in [6.45, 7) is 7.21. The minimum absolute atomic E-state index is 0.0361. The summed E-state index contributed by atoms with van der Waals surface area (Å²) in [5, 5.41) is 9.24. The van der Waals surface area contributed by atoms with Crippen LogP contribution in [0.25, 0.3) is 10.9 Å². The van der Waals surface area contributed by atoms with Crippen molar-refractivity contribution in [2.45, 2.75) is 56.0 Å². The fraction of sp³-hybridized carbons (Fsp3) is 0.500. The molecule has 4 rings (SSSR count). The van der Waals surface area contributed by atoms with E-state index >= 15 is 0 Å². The molecule has 0 saturated carbocycles. The van der Waals surface area contributed by atoms with Gasteiger partial charge in [0.2, 0.25) is 14.2 Å². The molecule has 1 atom stereocenters. The van der Waals surface area contributed by atoms with Crippen molar-refractivity contribution in [2.75, 3.05) is 19.5 Å². The van der Waals surface area contributed by atoms with Gasteiger partial charge in [-0.3, -0.25) is 0 Å². The van der Waals surface area contributed by atoms with Crippen molar-refractivity contribution in [2.24, 2.45) is 0 Å². The smallest absolute Gasteiger partial charge is 0.354 e. The maximum absolute atomic E-state index is 12.7. The quantitative estimate of drug-likeness (QED) is 0.498. The summed E-state index contributed by atoms with van der Waals surface area (Å²) >= 11 is 1.01. The number of aromatic nitrogens is 3. The second-order valence-electron chi connectivity index (χ2n) is 8.69. The molecule has 32 heavy (non-hydrogen) atoms. The Morgan fingerprint density at radius 2 is 2.09 bits per heavy atom. The molecule has 0 amide bonds. The van der Waals surface area contributed by atoms with Crippen molar-refractivity contribution in [3.05, 3.63) is 40.5 Å². The van der Waals surface area contributed by atoms with Crippen LogP contribution in [0.4, 0.5) is 0 Å². The van der Waals surface area contributed by atoms with Crippen LogP contribution >= 0.6 is 11.3 Å². The summed E-state index contributed by atoms with van der Waals surface area (Å²) in [6.07, 6.45) is 2.99. The minimum atomic E-state index is -3.43. The van der Waals surface area contributed by atoms with E-state index in [0.29, 0.717) is 16.6 Å². The number of fused-ring (bicyclic) bond motifs is 1. The molecule has 2 aromatic heterocycles. The predicted octanol–water partition coefficient (Wildman–Crippen LogP) is 3.79. The summed E-state index contributed by atoms with van der Waals surface area (Å²) in [4.78, 5) is 12.7. The molecule has 8 nitrogen and oxygen atoms in total. The largest absolute Gasteiger partial charge is 0.461 e. The normalized spacial score (nSPS) is 18.7. The van der Waals surface area contributed by atoms with E-state index in [1.165, 1.54) is 5.56 Å². The van der Waals surface area contributed by atoms with Gasteiger partial charge in [0.1, 0.15) is 10.7 Å². The third-order valence-electron chi connectivity index (χ3n) is 5.64. The van der Waals surface area contributed by atoms with Gasteiger partial charge < -0.3 is 14.0 Å².